The van der Waals surface area contributed by atoms with Gasteiger partial charge in [-0.1, -0.05) is 24.3 Å². The lowest BCUT2D eigenvalue weighted by molar-refractivity contribution is -0.274. The first-order valence-electron chi connectivity index (χ1n) is 13.2. The second kappa shape index (κ2) is 11.0. The average Bonchev–Trinajstić information content (AvgIpc) is 3.79. The van der Waals surface area contributed by atoms with E-state index in [-0.39, 0.29) is 18.1 Å². The van der Waals surface area contributed by atoms with E-state index in [0.29, 0.717) is 24.0 Å². The summed E-state index contributed by atoms with van der Waals surface area (Å²) in [6.45, 7) is 0.662. The lowest BCUT2D eigenvalue weighted by atomic mass is 9.98. The Labute approximate surface area is 235 Å². The Morgan fingerprint density at radius 3 is 2.22 bits per heavy atom. The zero-order valence-electron chi connectivity index (χ0n) is 21.8. The van der Waals surface area contributed by atoms with Crippen LogP contribution in [0.5, 0.6) is 17.2 Å². The fourth-order valence-corrected chi connectivity index (χ4v) is 6.51. The van der Waals surface area contributed by atoms with Crippen LogP contribution in [0.2, 0.25) is 0 Å². The third-order valence-corrected chi connectivity index (χ3v) is 9.07. The largest absolute Gasteiger partial charge is 0.573 e. The lowest BCUT2D eigenvalue weighted by Gasteiger charge is -2.43. The molecule has 3 aromatic rings. The molecule has 0 amide bonds. The molecule has 0 radical (unpaired) electrons. The molecule has 6 rings (SSSR count). The van der Waals surface area contributed by atoms with Gasteiger partial charge in [-0.05, 0) is 67.3 Å². The normalized spacial score (nSPS) is 23.7. The van der Waals surface area contributed by atoms with Crippen molar-refractivity contribution in [1.29, 1.82) is 0 Å². The van der Waals surface area contributed by atoms with Crippen LogP contribution in [0.15, 0.2) is 87.0 Å². The molecule has 0 aromatic heterocycles. The van der Waals surface area contributed by atoms with Crippen molar-refractivity contribution in [3.05, 3.63) is 72.8 Å². The van der Waals surface area contributed by atoms with Gasteiger partial charge in [-0.2, -0.15) is 0 Å². The van der Waals surface area contributed by atoms with Crippen molar-refractivity contribution in [3.63, 3.8) is 0 Å². The molecule has 2 aliphatic heterocycles. The molecule has 1 N–H and O–H groups in total. The number of benzene rings is 3. The van der Waals surface area contributed by atoms with E-state index < -0.39 is 40.0 Å². The molecule has 41 heavy (non-hydrogen) atoms. The molecule has 1 saturated carbocycles. The van der Waals surface area contributed by atoms with Gasteiger partial charge in [-0.3, -0.25) is 4.99 Å². The summed E-state index contributed by atoms with van der Waals surface area (Å²) in [5.41, 5.74) is 2.76. The Bertz CT molecular complexity index is 1510. The van der Waals surface area contributed by atoms with Gasteiger partial charge in [-0.25, -0.2) is 8.57 Å². The third-order valence-electron chi connectivity index (χ3n) is 7.18. The van der Waals surface area contributed by atoms with Crippen LogP contribution in [0.1, 0.15) is 12.8 Å². The number of hydrogen-bond donors (Lipinski definition) is 1. The van der Waals surface area contributed by atoms with Gasteiger partial charge in [0.2, 0.25) is 0 Å². The van der Waals surface area contributed by atoms with Crippen LogP contribution in [0.25, 0.3) is 0 Å². The second-order valence-electron chi connectivity index (χ2n) is 10.2. The van der Waals surface area contributed by atoms with Crippen LogP contribution < -0.4 is 14.4 Å². The number of fused-ring (bicyclic) bond motifs is 2. The van der Waals surface area contributed by atoms with Crippen LogP contribution in [0.4, 0.5) is 24.5 Å². The SMILES string of the molecule is O=S(C=N[C@@H]1COC[C@H](N2c3ccccc3Oc3ccccc32)[C@H]1O)(=NCC1CC1)c1ccc(OC(F)(F)F)cc1. The number of anilines is 2. The topological polar surface area (TPSA) is 93.0 Å². The Morgan fingerprint density at radius 2 is 1.61 bits per heavy atom. The van der Waals surface area contributed by atoms with E-state index in [9.17, 15) is 22.5 Å². The lowest BCUT2D eigenvalue weighted by Crippen LogP contribution is -2.54. The van der Waals surface area contributed by atoms with Crippen molar-refractivity contribution in [1.82, 2.24) is 0 Å². The minimum atomic E-state index is -4.84. The molecule has 2 heterocycles. The van der Waals surface area contributed by atoms with Crippen LogP contribution in [-0.2, 0) is 14.5 Å². The number of rotatable bonds is 7. The first kappa shape index (κ1) is 27.6. The van der Waals surface area contributed by atoms with Crippen LogP contribution in [0, 0.1) is 5.92 Å². The Hall–Kier alpha value is -3.61. The van der Waals surface area contributed by atoms with Crippen LogP contribution in [0.3, 0.4) is 0 Å². The Morgan fingerprint density at radius 1 is 0.976 bits per heavy atom. The number of nitrogens with zero attached hydrogens (tertiary/aromatic N) is 3. The summed E-state index contributed by atoms with van der Waals surface area (Å²) >= 11 is 0. The monoisotopic (exact) mass is 587 g/mol. The molecule has 2 fully saturated rings. The highest BCUT2D eigenvalue weighted by Crippen LogP contribution is 2.48. The highest BCUT2D eigenvalue weighted by Gasteiger charge is 2.40. The molecule has 0 bridgehead atoms. The number of halogens is 3. The summed E-state index contributed by atoms with van der Waals surface area (Å²) in [6.07, 6.45) is -3.88. The molecule has 0 spiro atoms. The standard InChI is InChI=1S/C29H28F3N3O5S/c30-29(31,32)40-20-11-13-21(14-12-20)41(37,34-15-19-9-10-19)18-33-22-16-38-17-25(28(22)36)35-23-5-1-3-7-26(23)39-27-8-4-2-6-24(27)35/h1-8,11-14,18-19,22,25,28,36H,9-10,15-17H2/t22-,25+,28+,41?/m1/s1. The average molecular weight is 588 g/mol. The van der Waals surface area contributed by atoms with Gasteiger partial charge in [0.25, 0.3) is 0 Å². The van der Waals surface area contributed by atoms with Gasteiger partial charge in [0.05, 0.1) is 47.6 Å². The number of ether oxygens (including phenoxy) is 3. The van der Waals surface area contributed by atoms with Gasteiger partial charge < -0.3 is 24.2 Å². The van der Waals surface area contributed by atoms with E-state index in [1.807, 2.05) is 53.4 Å². The number of aliphatic hydroxyl groups is 1. The number of aliphatic imine (C=N–C) groups is 1. The van der Waals surface area contributed by atoms with Crippen molar-refractivity contribution >= 4 is 26.7 Å². The first-order chi connectivity index (χ1) is 19.7. The molecule has 12 heteroatoms. The Balaban J connectivity index is 1.29. The summed E-state index contributed by atoms with van der Waals surface area (Å²) in [4.78, 5) is 6.70. The fraction of sp³-hybridized carbons (Fsp3) is 0.345. The molecule has 4 atom stereocenters. The maximum atomic E-state index is 14.0. The molecular weight excluding hydrogens is 559 g/mol. The summed E-state index contributed by atoms with van der Waals surface area (Å²) in [5, 5.41) is 11.5. The van der Waals surface area contributed by atoms with Crippen molar-refractivity contribution in [2.75, 3.05) is 24.7 Å². The summed E-state index contributed by atoms with van der Waals surface area (Å²) in [6, 6.07) is 18.5. The van der Waals surface area contributed by atoms with E-state index in [0.717, 1.165) is 36.3 Å². The fourth-order valence-electron chi connectivity index (χ4n) is 4.89. The van der Waals surface area contributed by atoms with Gasteiger partial charge in [0.1, 0.15) is 27.6 Å². The van der Waals surface area contributed by atoms with Gasteiger partial charge in [-0.15, -0.1) is 13.2 Å². The van der Waals surface area contributed by atoms with Crippen LogP contribution in [-0.4, -0.2) is 59.2 Å². The Kier molecular flexibility index (Phi) is 7.39. The number of hydrogen-bond acceptors (Lipinski definition) is 8. The molecule has 216 valence electrons. The maximum Gasteiger partial charge on any atom is 0.573 e. The predicted molar refractivity (Wildman–Crippen MR) is 148 cm³/mol. The zero-order chi connectivity index (χ0) is 28.6. The van der Waals surface area contributed by atoms with Crippen molar-refractivity contribution in [2.45, 2.75) is 42.3 Å². The zero-order valence-corrected chi connectivity index (χ0v) is 22.6. The summed E-state index contributed by atoms with van der Waals surface area (Å²) < 4.78 is 72.3. The van der Waals surface area contributed by atoms with E-state index in [4.69, 9.17) is 9.47 Å². The predicted octanol–water partition coefficient (Wildman–Crippen LogP) is 5.92. The molecule has 1 unspecified atom stereocenters. The summed E-state index contributed by atoms with van der Waals surface area (Å²) in [7, 11) is -3.25. The van der Waals surface area contributed by atoms with Gasteiger partial charge >= 0.3 is 6.36 Å². The minimum Gasteiger partial charge on any atom is -0.453 e. The van der Waals surface area contributed by atoms with Gasteiger partial charge in [0.15, 0.2) is 11.5 Å². The molecule has 3 aromatic carbocycles. The maximum absolute atomic E-state index is 14.0. The molecule has 1 saturated heterocycles. The first-order valence-corrected chi connectivity index (χ1v) is 14.8. The quantitative estimate of drug-likeness (QED) is 0.273. The molecule has 8 nitrogen and oxygen atoms in total. The highest BCUT2D eigenvalue weighted by molar-refractivity contribution is 8.06. The van der Waals surface area contributed by atoms with Gasteiger partial charge in [0, 0.05) is 0 Å². The highest BCUT2D eigenvalue weighted by atomic mass is 32.2. The van der Waals surface area contributed by atoms with E-state index in [1.165, 1.54) is 17.7 Å². The van der Waals surface area contributed by atoms with Crippen molar-refractivity contribution in [3.8, 4) is 17.2 Å². The smallest absolute Gasteiger partial charge is 0.453 e. The van der Waals surface area contributed by atoms with E-state index in [2.05, 4.69) is 14.1 Å². The van der Waals surface area contributed by atoms with E-state index >= 15 is 0 Å². The molecular formula is C29H28F3N3O5S. The second-order valence-corrected chi connectivity index (χ2v) is 12.2. The molecule has 3 aliphatic rings. The van der Waals surface area contributed by atoms with Crippen LogP contribution >= 0.6 is 0 Å². The van der Waals surface area contributed by atoms with E-state index in [1.54, 1.807) is 0 Å². The number of alkyl halides is 3. The number of aliphatic hydroxyl groups excluding tert-OH is 1. The van der Waals surface area contributed by atoms with Crippen molar-refractivity contribution in [2.24, 2.45) is 15.3 Å². The molecule has 1 aliphatic carbocycles. The van der Waals surface area contributed by atoms with Crippen molar-refractivity contribution < 1.29 is 36.7 Å². The minimum absolute atomic E-state index is 0.0955. The third kappa shape index (κ3) is 6.04. The summed E-state index contributed by atoms with van der Waals surface area (Å²) in [5.74, 6) is 1.19. The number of para-hydroxylation sites is 4.